The molecule has 1 N–H and O–H groups in total. The second kappa shape index (κ2) is 4.56. The SMILES string of the molecule is Cc1nc2ccc(NC(=O)C34CC5CC(CC(C5)C3)C4)cn2n1. The molecule has 4 aliphatic rings. The Morgan fingerprint density at radius 2 is 1.83 bits per heavy atom. The second-order valence-electron chi connectivity index (χ2n) is 8.03. The molecule has 4 fully saturated rings. The van der Waals surface area contributed by atoms with Crippen molar-refractivity contribution in [3.8, 4) is 0 Å². The van der Waals surface area contributed by atoms with Crippen LogP contribution < -0.4 is 5.32 Å². The number of fused-ring (bicyclic) bond motifs is 1. The molecule has 5 nitrogen and oxygen atoms in total. The Kier molecular flexibility index (Phi) is 2.68. The van der Waals surface area contributed by atoms with Gasteiger partial charge < -0.3 is 5.32 Å². The van der Waals surface area contributed by atoms with Gasteiger partial charge in [-0.1, -0.05) is 0 Å². The summed E-state index contributed by atoms with van der Waals surface area (Å²) in [5, 5.41) is 7.50. The fourth-order valence-electron chi connectivity index (χ4n) is 5.72. The summed E-state index contributed by atoms with van der Waals surface area (Å²) >= 11 is 0. The number of aryl methyl sites for hydroxylation is 1. The average molecular weight is 310 g/mol. The van der Waals surface area contributed by atoms with Gasteiger partial charge in [0.15, 0.2) is 5.65 Å². The molecule has 0 saturated heterocycles. The van der Waals surface area contributed by atoms with Gasteiger partial charge in [-0.2, -0.15) is 5.10 Å². The van der Waals surface area contributed by atoms with Crippen LogP contribution in [0.5, 0.6) is 0 Å². The van der Waals surface area contributed by atoms with E-state index in [4.69, 9.17) is 0 Å². The van der Waals surface area contributed by atoms with Crippen molar-refractivity contribution in [1.82, 2.24) is 14.6 Å². The summed E-state index contributed by atoms with van der Waals surface area (Å²) in [6.07, 6.45) is 9.22. The Labute approximate surface area is 135 Å². The highest BCUT2D eigenvalue weighted by Gasteiger charge is 2.54. The summed E-state index contributed by atoms with van der Waals surface area (Å²) in [7, 11) is 0. The average Bonchev–Trinajstić information content (AvgIpc) is 2.85. The van der Waals surface area contributed by atoms with Crippen LogP contribution in [0.15, 0.2) is 18.3 Å². The smallest absolute Gasteiger partial charge is 0.230 e. The van der Waals surface area contributed by atoms with Crippen LogP contribution in [-0.2, 0) is 4.79 Å². The quantitative estimate of drug-likeness (QED) is 0.926. The van der Waals surface area contributed by atoms with Crippen molar-refractivity contribution in [2.45, 2.75) is 45.4 Å². The Morgan fingerprint density at radius 3 is 2.48 bits per heavy atom. The number of hydrogen-bond acceptors (Lipinski definition) is 3. The number of pyridine rings is 1. The normalized spacial score (nSPS) is 34.9. The molecule has 2 aromatic rings. The molecular formula is C18H22N4O. The summed E-state index contributed by atoms with van der Waals surface area (Å²) in [6, 6.07) is 3.84. The van der Waals surface area contributed by atoms with Gasteiger partial charge in [0, 0.05) is 0 Å². The first-order valence-electron chi connectivity index (χ1n) is 8.74. The minimum atomic E-state index is -0.109. The first-order valence-corrected chi connectivity index (χ1v) is 8.74. The van der Waals surface area contributed by atoms with Gasteiger partial charge in [-0.15, -0.1) is 0 Å². The van der Waals surface area contributed by atoms with Crippen LogP contribution in [0.1, 0.15) is 44.3 Å². The highest BCUT2D eigenvalue weighted by Crippen LogP contribution is 2.60. The van der Waals surface area contributed by atoms with Crippen LogP contribution in [0, 0.1) is 30.1 Å². The number of anilines is 1. The number of carbonyl (C=O) groups is 1. The maximum absolute atomic E-state index is 13.1. The van der Waals surface area contributed by atoms with E-state index in [9.17, 15) is 4.79 Å². The molecule has 6 rings (SSSR count). The molecule has 1 amide bonds. The zero-order valence-corrected chi connectivity index (χ0v) is 13.5. The molecule has 5 heteroatoms. The Hall–Kier alpha value is -1.91. The molecule has 0 atom stereocenters. The Bertz CT molecular complexity index is 758. The molecule has 2 aromatic heterocycles. The molecule has 0 unspecified atom stereocenters. The lowest BCUT2D eigenvalue weighted by Crippen LogP contribution is -2.51. The first kappa shape index (κ1) is 13.5. The van der Waals surface area contributed by atoms with Gasteiger partial charge in [-0.3, -0.25) is 4.79 Å². The van der Waals surface area contributed by atoms with Gasteiger partial charge >= 0.3 is 0 Å². The van der Waals surface area contributed by atoms with E-state index < -0.39 is 0 Å². The molecule has 0 aromatic carbocycles. The molecule has 0 aliphatic heterocycles. The minimum absolute atomic E-state index is 0.109. The van der Waals surface area contributed by atoms with E-state index in [-0.39, 0.29) is 11.3 Å². The molecule has 0 radical (unpaired) electrons. The largest absolute Gasteiger partial charge is 0.324 e. The van der Waals surface area contributed by atoms with Gasteiger partial charge in [0.2, 0.25) is 5.91 Å². The lowest BCUT2D eigenvalue weighted by atomic mass is 9.49. The van der Waals surface area contributed by atoms with E-state index in [1.54, 1.807) is 4.52 Å². The number of nitrogens with one attached hydrogen (secondary N) is 1. The van der Waals surface area contributed by atoms with Crippen LogP contribution in [0.2, 0.25) is 0 Å². The van der Waals surface area contributed by atoms with Crippen LogP contribution in [-0.4, -0.2) is 20.5 Å². The summed E-state index contributed by atoms with van der Waals surface area (Å²) < 4.78 is 1.74. The van der Waals surface area contributed by atoms with Crippen molar-refractivity contribution in [2.24, 2.45) is 23.2 Å². The van der Waals surface area contributed by atoms with Gasteiger partial charge in [0.05, 0.1) is 17.3 Å². The monoisotopic (exact) mass is 310 g/mol. The second-order valence-corrected chi connectivity index (χ2v) is 8.03. The molecule has 2 heterocycles. The van der Waals surface area contributed by atoms with E-state index in [0.717, 1.165) is 54.2 Å². The fourth-order valence-corrected chi connectivity index (χ4v) is 5.72. The number of nitrogens with zero attached hydrogens (tertiary/aromatic N) is 3. The van der Waals surface area contributed by atoms with Crippen molar-refractivity contribution >= 4 is 17.2 Å². The summed E-state index contributed by atoms with van der Waals surface area (Å²) in [5.41, 5.74) is 1.53. The van der Waals surface area contributed by atoms with E-state index in [1.165, 1.54) is 19.3 Å². The molecule has 120 valence electrons. The summed E-state index contributed by atoms with van der Waals surface area (Å²) in [6.45, 7) is 1.88. The lowest BCUT2D eigenvalue weighted by Gasteiger charge is -2.55. The predicted molar refractivity (Wildman–Crippen MR) is 87.0 cm³/mol. The molecule has 0 spiro atoms. The van der Waals surface area contributed by atoms with Crippen molar-refractivity contribution in [1.29, 1.82) is 0 Å². The minimum Gasteiger partial charge on any atom is -0.324 e. The number of amides is 1. The number of carbonyl (C=O) groups excluding carboxylic acids is 1. The van der Waals surface area contributed by atoms with Gasteiger partial charge in [-0.25, -0.2) is 9.50 Å². The molecule has 4 aliphatic carbocycles. The summed E-state index contributed by atoms with van der Waals surface area (Å²) in [5.74, 6) is 3.33. The fraction of sp³-hybridized carbons (Fsp3) is 0.611. The van der Waals surface area contributed by atoms with Gasteiger partial charge in [0.1, 0.15) is 5.82 Å². The van der Waals surface area contributed by atoms with E-state index in [0.29, 0.717) is 0 Å². The standard InChI is InChI=1S/C18H22N4O/c1-11-19-16-3-2-15(10-22(16)21-11)20-17(23)18-7-12-4-13(8-18)6-14(5-12)9-18/h2-3,10,12-14H,4-9H2,1H3,(H,20,23). The molecule has 4 saturated carbocycles. The van der Waals surface area contributed by atoms with Crippen molar-refractivity contribution < 1.29 is 4.79 Å². The van der Waals surface area contributed by atoms with Crippen molar-refractivity contribution in [2.75, 3.05) is 5.32 Å². The lowest BCUT2D eigenvalue weighted by molar-refractivity contribution is -0.140. The third kappa shape index (κ3) is 2.09. The number of hydrogen-bond donors (Lipinski definition) is 1. The summed E-state index contributed by atoms with van der Waals surface area (Å²) in [4.78, 5) is 17.4. The molecule has 23 heavy (non-hydrogen) atoms. The van der Waals surface area contributed by atoms with Crippen molar-refractivity contribution in [3.05, 3.63) is 24.2 Å². The van der Waals surface area contributed by atoms with Crippen LogP contribution >= 0.6 is 0 Å². The maximum atomic E-state index is 13.1. The highest BCUT2D eigenvalue weighted by atomic mass is 16.2. The highest BCUT2D eigenvalue weighted by molar-refractivity contribution is 5.95. The Balaban J connectivity index is 1.41. The predicted octanol–water partition coefficient (Wildman–Crippen LogP) is 3.19. The van der Waals surface area contributed by atoms with Crippen molar-refractivity contribution in [3.63, 3.8) is 0 Å². The van der Waals surface area contributed by atoms with Crippen LogP contribution in [0.25, 0.3) is 5.65 Å². The third-order valence-corrected chi connectivity index (χ3v) is 6.21. The molecular weight excluding hydrogens is 288 g/mol. The van der Waals surface area contributed by atoms with E-state index >= 15 is 0 Å². The van der Waals surface area contributed by atoms with Crippen LogP contribution in [0.3, 0.4) is 0 Å². The zero-order chi connectivity index (χ0) is 15.6. The van der Waals surface area contributed by atoms with Gasteiger partial charge in [0.25, 0.3) is 0 Å². The van der Waals surface area contributed by atoms with Crippen LogP contribution in [0.4, 0.5) is 5.69 Å². The van der Waals surface area contributed by atoms with E-state index in [1.807, 2.05) is 25.3 Å². The maximum Gasteiger partial charge on any atom is 0.230 e. The zero-order valence-electron chi connectivity index (χ0n) is 13.5. The third-order valence-electron chi connectivity index (χ3n) is 6.21. The molecule has 4 bridgehead atoms. The van der Waals surface area contributed by atoms with E-state index in [2.05, 4.69) is 15.4 Å². The Morgan fingerprint density at radius 1 is 1.17 bits per heavy atom. The topological polar surface area (TPSA) is 59.3 Å². The first-order chi connectivity index (χ1) is 11.1. The number of rotatable bonds is 2. The van der Waals surface area contributed by atoms with Gasteiger partial charge in [-0.05, 0) is 75.3 Å². The number of aromatic nitrogens is 3.